The summed E-state index contributed by atoms with van der Waals surface area (Å²) >= 11 is 5.94. The van der Waals surface area contributed by atoms with Gasteiger partial charge in [0.2, 0.25) is 0 Å². The molecule has 3 aliphatic rings. The second-order valence-corrected chi connectivity index (χ2v) is 13.3. The Kier molecular flexibility index (Phi) is 7.98. The van der Waals surface area contributed by atoms with Crippen LogP contribution >= 0.6 is 11.6 Å². The summed E-state index contributed by atoms with van der Waals surface area (Å²) in [6, 6.07) is 3.34. The zero-order valence-corrected chi connectivity index (χ0v) is 25.8. The monoisotopic (exact) mass is 649 g/mol. The third-order valence-electron chi connectivity index (χ3n) is 9.61. The van der Waals surface area contributed by atoms with E-state index in [0.717, 1.165) is 44.5 Å². The van der Waals surface area contributed by atoms with Crippen LogP contribution in [-0.2, 0) is 6.18 Å². The number of aromatic nitrogens is 2. The number of nitrogens with one attached hydrogen (secondary N) is 1. The van der Waals surface area contributed by atoms with Gasteiger partial charge in [-0.05, 0) is 50.9 Å². The SMILES string of the molecule is C[C@H]1CCN(C)C[C@@]1(C)COc1nc(N2C[C@H]3CC[C@@H](C2)N3)c2cc(F)c(-c3c(C#N)c(N)cc(Cl)c3C(F)(F)F)c(F)c2n1. The number of halogens is 6. The Labute approximate surface area is 262 Å². The van der Waals surface area contributed by atoms with E-state index in [9.17, 15) is 18.4 Å². The highest BCUT2D eigenvalue weighted by atomic mass is 35.5. The molecule has 6 rings (SSSR count). The van der Waals surface area contributed by atoms with E-state index < -0.39 is 56.3 Å². The summed E-state index contributed by atoms with van der Waals surface area (Å²) in [6.45, 7) is 7.12. The summed E-state index contributed by atoms with van der Waals surface area (Å²) < 4.78 is 81.7. The number of nitriles is 1. The molecule has 3 fully saturated rings. The number of hydrogen-bond donors (Lipinski definition) is 2. The summed E-state index contributed by atoms with van der Waals surface area (Å²) in [4.78, 5) is 13.0. The van der Waals surface area contributed by atoms with E-state index in [2.05, 4.69) is 34.0 Å². The number of likely N-dealkylation sites (tertiary alicyclic amines) is 1. The van der Waals surface area contributed by atoms with Gasteiger partial charge in [0, 0.05) is 48.1 Å². The maximum Gasteiger partial charge on any atom is 0.418 e. The van der Waals surface area contributed by atoms with E-state index in [-0.39, 0.29) is 41.3 Å². The number of anilines is 2. The lowest BCUT2D eigenvalue weighted by Gasteiger charge is -2.43. The summed E-state index contributed by atoms with van der Waals surface area (Å²) in [6.07, 6.45) is -2.36. The third-order valence-corrected chi connectivity index (χ3v) is 9.91. The first-order valence-electron chi connectivity index (χ1n) is 14.8. The van der Waals surface area contributed by atoms with Gasteiger partial charge in [0.1, 0.15) is 23.2 Å². The number of hydrogen-bond acceptors (Lipinski definition) is 8. The zero-order valence-electron chi connectivity index (χ0n) is 25.0. The van der Waals surface area contributed by atoms with Crippen molar-refractivity contribution in [1.82, 2.24) is 20.2 Å². The molecule has 3 N–H and O–H groups in total. The average Bonchev–Trinajstić information content (AvgIpc) is 3.30. The third kappa shape index (κ3) is 5.61. The van der Waals surface area contributed by atoms with Crippen molar-refractivity contribution in [2.24, 2.45) is 11.3 Å². The van der Waals surface area contributed by atoms with Crippen molar-refractivity contribution in [3.05, 3.63) is 39.9 Å². The molecule has 4 atom stereocenters. The Morgan fingerprint density at radius 2 is 1.84 bits per heavy atom. The van der Waals surface area contributed by atoms with E-state index in [1.165, 1.54) is 0 Å². The molecule has 0 unspecified atom stereocenters. The standard InChI is InChI=1S/C31H33ClF5N7O/c1-15-6-7-43(3)13-30(15,2)14-45-29-41-27-18(28(42-29)44-11-16-4-5-17(12-44)40-16)8-21(33)24(26(27)34)23-19(10-38)22(39)9-20(32)25(23)31(35,36)37/h8-9,15-17,40H,4-7,11-14,39H2,1-3H3/t15-,16-,17+,30-/m0/s1. The molecule has 0 spiro atoms. The Morgan fingerprint density at radius 1 is 1.16 bits per heavy atom. The van der Waals surface area contributed by atoms with Crippen molar-refractivity contribution >= 4 is 34.0 Å². The molecular formula is C31H33ClF5N7O. The van der Waals surface area contributed by atoms with E-state index in [4.69, 9.17) is 22.1 Å². The van der Waals surface area contributed by atoms with Crippen molar-refractivity contribution in [2.45, 2.75) is 51.4 Å². The molecule has 45 heavy (non-hydrogen) atoms. The Balaban J connectivity index is 1.55. The molecule has 8 nitrogen and oxygen atoms in total. The molecule has 0 radical (unpaired) electrons. The van der Waals surface area contributed by atoms with Gasteiger partial charge >= 0.3 is 12.2 Å². The van der Waals surface area contributed by atoms with Crippen LogP contribution in [0.5, 0.6) is 6.01 Å². The van der Waals surface area contributed by atoms with Gasteiger partial charge in [0.05, 0.1) is 34.0 Å². The number of ether oxygens (including phenoxy) is 1. The minimum absolute atomic E-state index is 0.0264. The normalized spacial score (nSPS) is 25.5. The summed E-state index contributed by atoms with van der Waals surface area (Å²) in [7, 11) is 2.02. The predicted octanol–water partition coefficient (Wildman–Crippen LogP) is 6.00. The lowest BCUT2D eigenvalue weighted by Crippen LogP contribution is -2.51. The van der Waals surface area contributed by atoms with Gasteiger partial charge in [0.25, 0.3) is 0 Å². The number of rotatable bonds is 5. The molecule has 1 aromatic heterocycles. The van der Waals surface area contributed by atoms with Gasteiger partial charge in [-0.15, -0.1) is 0 Å². The molecule has 0 aliphatic carbocycles. The molecule has 3 aliphatic heterocycles. The topological polar surface area (TPSA) is 103 Å². The molecule has 240 valence electrons. The molecule has 0 saturated carbocycles. The van der Waals surface area contributed by atoms with Crippen molar-refractivity contribution in [1.29, 1.82) is 5.26 Å². The van der Waals surface area contributed by atoms with Gasteiger partial charge in [-0.1, -0.05) is 25.4 Å². The lowest BCUT2D eigenvalue weighted by atomic mass is 9.74. The van der Waals surface area contributed by atoms with E-state index in [1.807, 2.05) is 11.9 Å². The molecule has 2 bridgehead atoms. The molecule has 3 saturated heterocycles. The molecule has 0 amide bonds. The van der Waals surface area contributed by atoms with Crippen molar-refractivity contribution < 1.29 is 26.7 Å². The van der Waals surface area contributed by atoms with Gasteiger partial charge in [-0.3, -0.25) is 0 Å². The van der Waals surface area contributed by atoms with E-state index in [0.29, 0.717) is 19.0 Å². The quantitative estimate of drug-likeness (QED) is 0.256. The number of nitrogen functional groups attached to an aromatic ring is 1. The summed E-state index contributed by atoms with van der Waals surface area (Å²) in [5.41, 5.74) is 0.152. The highest BCUT2D eigenvalue weighted by Gasteiger charge is 2.41. The van der Waals surface area contributed by atoms with Crippen LogP contribution < -0.4 is 20.7 Å². The Bertz CT molecular complexity index is 1700. The molecular weight excluding hydrogens is 617 g/mol. The number of fused-ring (bicyclic) bond motifs is 3. The van der Waals surface area contributed by atoms with Gasteiger partial charge in [0.15, 0.2) is 5.82 Å². The molecule has 2 aromatic carbocycles. The van der Waals surface area contributed by atoms with Crippen LogP contribution in [0, 0.1) is 34.3 Å². The fourth-order valence-electron chi connectivity index (χ4n) is 7.01. The number of nitrogens with zero attached hydrogens (tertiary/aromatic N) is 5. The smallest absolute Gasteiger partial charge is 0.418 e. The summed E-state index contributed by atoms with van der Waals surface area (Å²) in [5, 5.41) is 12.3. The van der Waals surface area contributed by atoms with Crippen molar-refractivity contribution in [3.63, 3.8) is 0 Å². The van der Waals surface area contributed by atoms with Crippen LogP contribution in [0.4, 0.5) is 33.5 Å². The maximum absolute atomic E-state index is 16.7. The number of benzene rings is 2. The van der Waals surface area contributed by atoms with Gasteiger partial charge in [-0.2, -0.15) is 28.4 Å². The molecule has 14 heteroatoms. The highest BCUT2D eigenvalue weighted by molar-refractivity contribution is 6.32. The maximum atomic E-state index is 16.7. The Morgan fingerprint density at radius 3 is 2.49 bits per heavy atom. The minimum atomic E-state index is -5.16. The van der Waals surface area contributed by atoms with Crippen LogP contribution in [-0.4, -0.2) is 66.8 Å². The van der Waals surface area contributed by atoms with E-state index in [1.54, 1.807) is 6.07 Å². The number of piperazine rings is 1. The fraction of sp³-hybridized carbons (Fsp3) is 0.516. The van der Waals surface area contributed by atoms with Crippen LogP contribution in [0.15, 0.2) is 12.1 Å². The first-order chi connectivity index (χ1) is 21.2. The zero-order chi connectivity index (χ0) is 32.4. The lowest BCUT2D eigenvalue weighted by molar-refractivity contribution is -0.137. The van der Waals surface area contributed by atoms with Gasteiger partial charge < -0.3 is 25.6 Å². The fourth-order valence-corrected chi connectivity index (χ4v) is 7.33. The second kappa shape index (κ2) is 11.4. The second-order valence-electron chi connectivity index (χ2n) is 12.9. The average molecular weight is 650 g/mol. The van der Waals surface area contributed by atoms with Crippen molar-refractivity contribution in [3.8, 4) is 23.2 Å². The molecule has 4 heterocycles. The van der Waals surface area contributed by atoms with Crippen molar-refractivity contribution in [2.75, 3.05) is 50.5 Å². The Hall–Kier alpha value is -3.47. The number of nitrogens with two attached hydrogens (primary N) is 1. The first kappa shape index (κ1) is 31.5. The van der Waals surface area contributed by atoms with E-state index >= 15 is 8.78 Å². The number of alkyl halides is 3. The summed E-state index contributed by atoms with van der Waals surface area (Å²) in [5.74, 6) is -2.23. The highest BCUT2D eigenvalue weighted by Crippen LogP contribution is 2.48. The van der Waals surface area contributed by atoms with Crippen LogP contribution in [0.3, 0.4) is 0 Å². The predicted molar refractivity (Wildman–Crippen MR) is 161 cm³/mol. The van der Waals surface area contributed by atoms with Crippen LogP contribution in [0.1, 0.15) is 44.2 Å². The largest absolute Gasteiger partial charge is 0.463 e. The first-order valence-corrected chi connectivity index (χ1v) is 15.2. The van der Waals surface area contributed by atoms with Gasteiger partial charge in [-0.25, -0.2) is 8.78 Å². The molecule has 3 aromatic rings. The minimum Gasteiger partial charge on any atom is -0.463 e. The number of piperidine rings is 1. The van der Waals surface area contributed by atoms with Crippen LogP contribution in [0.2, 0.25) is 5.02 Å². The van der Waals surface area contributed by atoms with Crippen LogP contribution in [0.25, 0.3) is 22.0 Å².